The highest BCUT2D eigenvalue weighted by Gasteiger charge is 2.21. The number of carbonyl (C=O) groups is 1. The molecule has 0 aliphatic carbocycles. The molecule has 0 bridgehead atoms. The molecule has 4 nitrogen and oxygen atoms in total. The topological polar surface area (TPSA) is 50.4 Å². The van der Waals surface area contributed by atoms with Crippen LogP contribution in [0.3, 0.4) is 0 Å². The summed E-state index contributed by atoms with van der Waals surface area (Å²) in [6, 6.07) is 5.70. The van der Waals surface area contributed by atoms with Gasteiger partial charge in [-0.15, -0.1) is 12.4 Å². The maximum atomic E-state index is 11.9. The van der Waals surface area contributed by atoms with E-state index in [1.807, 2.05) is 25.1 Å². The Kier molecular flexibility index (Phi) is 6.34. The van der Waals surface area contributed by atoms with Crippen LogP contribution in [-0.2, 0) is 9.53 Å². The molecule has 100 valence electrons. The van der Waals surface area contributed by atoms with E-state index in [1.165, 1.54) is 0 Å². The molecule has 0 radical (unpaired) electrons. The number of halogens is 2. The van der Waals surface area contributed by atoms with Crippen LogP contribution >= 0.6 is 35.0 Å². The number of amides is 1. The van der Waals surface area contributed by atoms with Gasteiger partial charge >= 0.3 is 0 Å². The minimum Gasteiger partial charge on any atom is -0.378 e. The van der Waals surface area contributed by atoms with E-state index in [0.717, 1.165) is 21.4 Å². The van der Waals surface area contributed by atoms with Crippen molar-refractivity contribution in [3.8, 4) is 0 Å². The van der Waals surface area contributed by atoms with Crippen LogP contribution in [-0.4, -0.2) is 31.7 Å². The molecule has 2 N–H and O–H groups in total. The standard InChI is InChI=1S/C12H15IN2O2.ClH/c1-8-6-9(13)2-3-10(8)15-12(16)11-7-17-5-4-14-11;/h2-3,6,11,14H,4-5,7H2,1H3,(H,15,16);1H. The second-order valence-electron chi connectivity index (χ2n) is 4.03. The van der Waals surface area contributed by atoms with Crippen LogP contribution in [0.2, 0.25) is 0 Å². The molecule has 1 saturated heterocycles. The van der Waals surface area contributed by atoms with Gasteiger partial charge in [0, 0.05) is 15.8 Å². The Bertz CT molecular complexity index is 423. The maximum Gasteiger partial charge on any atom is 0.243 e. The van der Waals surface area contributed by atoms with Gasteiger partial charge in [0.15, 0.2) is 0 Å². The van der Waals surface area contributed by atoms with Crippen LogP contribution in [0, 0.1) is 10.5 Å². The zero-order valence-electron chi connectivity index (χ0n) is 10.0. The number of hydrogen-bond donors (Lipinski definition) is 2. The summed E-state index contributed by atoms with van der Waals surface area (Å²) in [4.78, 5) is 11.9. The first-order valence-corrected chi connectivity index (χ1v) is 6.63. The molecule has 18 heavy (non-hydrogen) atoms. The van der Waals surface area contributed by atoms with E-state index in [9.17, 15) is 4.79 Å². The van der Waals surface area contributed by atoms with E-state index >= 15 is 0 Å². The second kappa shape index (κ2) is 7.28. The second-order valence-corrected chi connectivity index (χ2v) is 5.28. The van der Waals surface area contributed by atoms with E-state index in [-0.39, 0.29) is 24.4 Å². The van der Waals surface area contributed by atoms with Gasteiger partial charge < -0.3 is 15.4 Å². The third kappa shape index (κ3) is 4.08. The van der Waals surface area contributed by atoms with Crippen LogP contribution in [0.25, 0.3) is 0 Å². The molecule has 0 aromatic heterocycles. The summed E-state index contributed by atoms with van der Waals surface area (Å²) in [5, 5.41) is 6.05. The van der Waals surface area contributed by atoms with E-state index < -0.39 is 0 Å². The van der Waals surface area contributed by atoms with Crippen molar-refractivity contribution in [3.05, 3.63) is 27.3 Å². The van der Waals surface area contributed by atoms with Crippen LogP contribution in [0.5, 0.6) is 0 Å². The smallest absolute Gasteiger partial charge is 0.243 e. The zero-order valence-corrected chi connectivity index (χ0v) is 13.0. The zero-order chi connectivity index (χ0) is 12.3. The fraction of sp³-hybridized carbons (Fsp3) is 0.417. The van der Waals surface area contributed by atoms with Crippen molar-refractivity contribution in [1.82, 2.24) is 5.32 Å². The van der Waals surface area contributed by atoms with Crippen LogP contribution in [0.4, 0.5) is 5.69 Å². The molecule has 1 unspecified atom stereocenters. The van der Waals surface area contributed by atoms with Gasteiger partial charge in [0.05, 0.1) is 13.2 Å². The molecule has 1 heterocycles. The van der Waals surface area contributed by atoms with Crippen molar-refractivity contribution in [3.63, 3.8) is 0 Å². The molecule has 1 aliphatic heterocycles. The number of benzene rings is 1. The lowest BCUT2D eigenvalue weighted by molar-refractivity contribution is -0.120. The summed E-state index contributed by atoms with van der Waals surface area (Å²) >= 11 is 2.25. The third-order valence-electron chi connectivity index (χ3n) is 2.68. The number of morpholine rings is 1. The first-order chi connectivity index (χ1) is 8.16. The van der Waals surface area contributed by atoms with Crippen molar-refractivity contribution < 1.29 is 9.53 Å². The summed E-state index contributed by atoms with van der Waals surface area (Å²) in [6.07, 6.45) is 0. The predicted molar refractivity (Wildman–Crippen MR) is 82.4 cm³/mol. The molecule has 0 saturated carbocycles. The molecule has 1 amide bonds. The molecule has 1 aromatic rings. The lowest BCUT2D eigenvalue weighted by Gasteiger charge is -2.23. The predicted octanol–water partition coefficient (Wildman–Crippen LogP) is 1.95. The highest BCUT2D eigenvalue weighted by atomic mass is 127. The van der Waals surface area contributed by atoms with Crippen LogP contribution in [0.15, 0.2) is 18.2 Å². The van der Waals surface area contributed by atoms with Gasteiger partial charge in [0.2, 0.25) is 5.91 Å². The molecule has 1 atom stereocenters. The number of hydrogen-bond acceptors (Lipinski definition) is 3. The number of rotatable bonds is 2. The van der Waals surface area contributed by atoms with Gasteiger partial charge in [0.1, 0.15) is 6.04 Å². The number of carbonyl (C=O) groups excluding carboxylic acids is 1. The number of aryl methyl sites for hydroxylation is 1. The fourth-order valence-corrected chi connectivity index (χ4v) is 2.37. The third-order valence-corrected chi connectivity index (χ3v) is 3.36. The van der Waals surface area contributed by atoms with Gasteiger partial charge in [0.25, 0.3) is 0 Å². The lowest BCUT2D eigenvalue weighted by Crippen LogP contribution is -2.48. The fourth-order valence-electron chi connectivity index (χ4n) is 1.72. The molecular weight excluding hydrogens is 367 g/mol. The van der Waals surface area contributed by atoms with Crippen molar-refractivity contribution in [1.29, 1.82) is 0 Å². The highest BCUT2D eigenvalue weighted by Crippen LogP contribution is 2.17. The number of anilines is 1. The summed E-state index contributed by atoms with van der Waals surface area (Å²) in [5.74, 6) is -0.0333. The van der Waals surface area contributed by atoms with Crippen molar-refractivity contribution in [2.24, 2.45) is 0 Å². The minimum atomic E-state index is -0.248. The van der Waals surface area contributed by atoms with Gasteiger partial charge in [-0.25, -0.2) is 0 Å². The molecule has 1 aromatic carbocycles. The van der Waals surface area contributed by atoms with Gasteiger partial charge in [-0.1, -0.05) is 0 Å². The van der Waals surface area contributed by atoms with Gasteiger partial charge in [-0.05, 0) is 53.3 Å². The van der Waals surface area contributed by atoms with E-state index in [4.69, 9.17) is 4.74 Å². The molecule has 1 fully saturated rings. The normalized spacial score (nSPS) is 18.9. The Morgan fingerprint density at radius 1 is 1.56 bits per heavy atom. The Balaban J connectivity index is 0.00000162. The van der Waals surface area contributed by atoms with Crippen molar-refractivity contribution in [2.75, 3.05) is 25.1 Å². The van der Waals surface area contributed by atoms with Crippen LogP contribution in [0.1, 0.15) is 5.56 Å². The summed E-state index contributed by atoms with van der Waals surface area (Å²) in [5.41, 5.74) is 1.93. The average molecular weight is 383 g/mol. The van der Waals surface area contributed by atoms with Gasteiger partial charge in [-0.2, -0.15) is 0 Å². The molecule has 0 spiro atoms. The quantitative estimate of drug-likeness (QED) is 0.769. The summed E-state index contributed by atoms with van der Waals surface area (Å²) in [6.45, 7) is 3.83. The van der Waals surface area contributed by atoms with Crippen molar-refractivity contribution in [2.45, 2.75) is 13.0 Å². The van der Waals surface area contributed by atoms with E-state index in [0.29, 0.717) is 13.2 Å². The lowest BCUT2D eigenvalue weighted by atomic mass is 10.2. The summed E-state index contributed by atoms with van der Waals surface area (Å²) < 4.78 is 6.43. The van der Waals surface area contributed by atoms with E-state index in [2.05, 4.69) is 33.2 Å². The molecule has 1 aliphatic rings. The highest BCUT2D eigenvalue weighted by molar-refractivity contribution is 14.1. The van der Waals surface area contributed by atoms with Gasteiger partial charge in [-0.3, -0.25) is 4.79 Å². The first kappa shape index (κ1) is 15.7. The number of nitrogens with one attached hydrogen (secondary N) is 2. The van der Waals surface area contributed by atoms with Crippen molar-refractivity contribution >= 4 is 46.6 Å². The molecular formula is C12H16ClIN2O2. The minimum absolute atomic E-state index is 0. The Labute approximate surface area is 126 Å². The monoisotopic (exact) mass is 382 g/mol. The Morgan fingerprint density at radius 2 is 2.33 bits per heavy atom. The number of ether oxygens (including phenoxy) is 1. The van der Waals surface area contributed by atoms with Crippen LogP contribution < -0.4 is 10.6 Å². The Hall–Kier alpha value is -0.370. The largest absolute Gasteiger partial charge is 0.378 e. The Morgan fingerprint density at radius 3 is 2.94 bits per heavy atom. The average Bonchev–Trinajstić information content (AvgIpc) is 2.34. The van der Waals surface area contributed by atoms with E-state index in [1.54, 1.807) is 0 Å². The molecule has 2 rings (SSSR count). The SMILES string of the molecule is Cc1cc(I)ccc1NC(=O)C1COCCN1.Cl. The molecule has 6 heteroatoms. The first-order valence-electron chi connectivity index (χ1n) is 5.55. The summed E-state index contributed by atoms with van der Waals surface area (Å²) in [7, 11) is 0. The maximum absolute atomic E-state index is 11.9.